The standard InChI is InChI=1S/C13H23N3/c1-9(2)11(4)16(5)13-8-12(10(3)14)6-7-15-13/h6-11H,14H2,1-5H3/t10-,11?/m0/s1. The summed E-state index contributed by atoms with van der Waals surface area (Å²) in [6.07, 6.45) is 1.83. The first-order chi connectivity index (χ1) is 7.43. The highest BCUT2D eigenvalue weighted by molar-refractivity contribution is 5.41. The molecule has 1 heterocycles. The molecule has 0 amide bonds. The summed E-state index contributed by atoms with van der Waals surface area (Å²) >= 11 is 0. The monoisotopic (exact) mass is 221 g/mol. The fourth-order valence-electron chi connectivity index (χ4n) is 1.57. The van der Waals surface area contributed by atoms with Gasteiger partial charge in [0.25, 0.3) is 0 Å². The Balaban J connectivity index is 2.91. The first-order valence-electron chi connectivity index (χ1n) is 5.87. The van der Waals surface area contributed by atoms with Crippen molar-refractivity contribution in [2.24, 2.45) is 11.7 Å². The molecule has 3 nitrogen and oxygen atoms in total. The van der Waals surface area contributed by atoms with Gasteiger partial charge in [-0.25, -0.2) is 4.98 Å². The molecule has 1 aromatic rings. The lowest BCUT2D eigenvalue weighted by Crippen LogP contribution is -2.33. The number of hydrogen-bond donors (Lipinski definition) is 1. The summed E-state index contributed by atoms with van der Waals surface area (Å²) in [5, 5.41) is 0. The fraction of sp³-hybridized carbons (Fsp3) is 0.615. The van der Waals surface area contributed by atoms with E-state index in [0.29, 0.717) is 12.0 Å². The summed E-state index contributed by atoms with van der Waals surface area (Å²) in [5.41, 5.74) is 7.00. The normalized spacial score (nSPS) is 14.9. The Hall–Kier alpha value is -1.09. The largest absolute Gasteiger partial charge is 0.357 e. The van der Waals surface area contributed by atoms with Crippen molar-refractivity contribution in [2.45, 2.75) is 39.8 Å². The van der Waals surface area contributed by atoms with E-state index in [1.807, 2.05) is 19.2 Å². The minimum Gasteiger partial charge on any atom is -0.357 e. The molecule has 0 fully saturated rings. The zero-order valence-corrected chi connectivity index (χ0v) is 10.9. The van der Waals surface area contributed by atoms with Crippen LogP contribution in [-0.4, -0.2) is 18.1 Å². The molecule has 0 spiro atoms. The maximum absolute atomic E-state index is 5.87. The predicted octanol–water partition coefficient (Wildman–Crippen LogP) is 2.58. The van der Waals surface area contributed by atoms with Gasteiger partial charge >= 0.3 is 0 Å². The summed E-state index contributed by atoms with van der Waals surface area (Å²) in [7, 11) is 2.08. The smallest absolute Gasteiger partial charge is 0.128 e. The van der Waals surface area contributed by atoms with Gasteiger partial charge in [0.2, 0.25) is 0 Å². The third-order valence-corrected chi connectivity index (χ3v) is 3.23. The number of nitrogens with two attached hydrogens (primary N) is 1. The van der Waals surface area contributed by atoms with E-state index in [-0.39, 0.29) is 6.04 Å². The van der Waals surface area contributed by atoms with Crippen molar-refractivity contribution in [2.75, 3.05) is 11.9 Å². The lowest BCUT2D eigenvalue weighted by molar-refractivity contribution is 0.502. The molecule has 0 radical (unpaired) electrons. The maximum atomic E-state index is 5.87. The van der Waals surface area contributed by atoms with Crippen LogP contribution in [-0.2, 0) is 0 Å². The quantitative estimate of drug-likeness (QED) is 0.849. The van der Waals surface area contributed by atoms with Crippen molar-refractivity contribution in [1.82, 2.24) is 4.98 Å². The molecule has 1 unspecified atom stereocenters. The van der Waals surface area contributed by atoms with Crippen LogP contribution in [0.3, 0.4) is 0 Å². The van der Waals surface area contributed by atoms with E-state index >= 15 is 0 Å². The number of anilines is 1. The highest BCUT2D eigenvalue weighted by Crippen LogP contribution is 2.19. The van der Waals surface area contributed by atoms with Crippen molar-refractivity contribution in [1.29, 1.82) is 0 Å². The second-order valence-corrected chi connectivity index (χ2v) is 4.83. The van der Waals surface area contributed by atoms with Crippen molar-refractivity contribution in [3.63, 3.8) is 0 Å². The molecule has 2 N–H and O–H groups in total. The van der Waals surface area contributed by atoms with Gasteiger partial charge in [-0.05, 0) is 37.5 Å². The zero-order valence-electron chi connectivity index (χ0n) is 10.9. The first kappa shape index (κ1) is 13.0. The SMILES string of the molecule is CC(C)C(C)N(C)c1cc([C@H](C)N)ccn1. The third kappa shape index (κ3) is 2.95. The van der Waals surface area contributed by atoms with E-state index in [9.17, 15) is 0 Å². The molecule has 2 atom stereocenters. The summed E-state index contributed by atoms with van der Waals surface area (Å²) < 4.78 is 0. The molecule has 3 heteroatoms. The van der Waals surface area contributed by atoms with Crippen LogP contribution < -0.4 is 10.6 Å². The topological polar surface area (TPSA) is 42.1 Å². The highest BCUT2D eigenvalue weighted by Gasteiger charge is 2.15. The van der Waals surface area contributed by atoms with Gasteiger partial charge in [0.15, 0.2) is 0 Å². The maximum Gasteiger partial charge on any atom is 0.128 e. The molecule has 0 aromatic carbocycles. The van der Waals surface area contributed by atoms with Crippen LogP contribution in [0.25, 0.3) is 0 Å². The first-order valence-corrected chi connectivity index (χ1v) is 5.87. The van der Waals surface area contributed by atoms with Gasteiger partial charge in [-0.2, -0.15) is 0 Å². The molecule has 0 aliphatic carbocycles. The average Bonchev–Trinajstić information content (AvgIpc) is 2.27. The fourth-order valence-corrected chi connectivity index (χ4v) is 1.57. The van der Waals surface area contributed by atoms with Gasteiger partial charge in [-0.15, -0.1) is 0 Å². The molecular formula is C13H23N3. The molecule has 0 aliphatic rings. The van der Waals surface area contributed by atoms with Crippen LogP contribution in [0.5, 0.6) is 0 Å². The number of aromatic nitrogens is 1. The van der Waals surface area contributed by atoms with E-state index in [1.54, 1.807) is 0 Å². The van der Waals surface area contributed by atoms with Gasteiger partial charge in [0, 0.05) is 25.3 Å². The molecule has 1 aromatic heterocycles. The van der Waals surface area contributed by atoms with Crippen LogP contribution in [0.15, 0.2) is 18.3 Å². The van der Waals surface area contributed by atoms with Crippen molar-refractivity contribution in [3.8, 4) is 0 Å². The van der Waals surface area contributed by atoms with Crippen LogP contribution in [0.4, 0.5) is 5.82 Å². The van der Waals surface area contributed by atoms with Gasteiger partial charge in [-0.3, -0.25) is 0 Å². The lowest BCUT2D eigenvalue weighted by Gasteiger charge is -2.29. The predicted molar refractivity (Wildman–Crippen MR) is 69.5 cm³/mol. The van der Waals surface area contributed by atoms with E-state index < -0.39 is 0 Å². The van der Waals surface area contributed by atoms with Crippen molar-refractivity contribution >= 4 is 5.82 Å². The second-order valence-electron chi connectivity index (χ2n) is 4.83. The summed E-state index contributed by atoms with van der Waals surface area (Å²) in [5.74, 6) is 1.60. The Morgan fingerprint density at radius 2 is 1.88 bits per heavy atom. The minimum absolute atomic E-state index is 0.0597. The van der Waals surface area contributed by atoms with Gasteiger partial charge in [-0.1, -0.05) is 13.8 Å². The molecular weight excluding hydrogens is 198 g/mol. The lowest BCUT2D eigenvalue weighted by atomic mass is 10.0. The number of pyridine rings is 1. The Labute approximate surface area is 98.7 Å². The molecule has 0 bridgehead atoms. The average molecular weight is 221 g/mol. The zero-order chi connectivity index (χ0) is 12.3. The Morgan fingerprint density at radius 3 is 2.38 bits per heavy atom. The van der Waals surface area contributed by atoms with Crippen LogP contribution in [0.1, 0.15) is 39.3 Å². The molecule has 0 saturated carbocycles. The number of rotatable bonds is 4. The van der Waals surface area contributed by atoms with Crippen molar-refractivity contribution in [3.05, 3.63) is 23.9 Å². The molecule has 0 aliphatic heterocycles. The second kappa shape index (κ2) is 5.30. The minimum atomic E-state index is 0.0597. The van der Waals surface area contributed by atoms with Gasteiger partial charge < -0.3 is 10.6 Å². The van der Waals surface area contributed by atoms with E-state index in [1.165, 1.54) is 0 Å². The summed E-state index contributed by atoms with van der Waals surface area (Å²) in [6.45, 7) is 8.64. The summed E-state index contributed by atoms with van der Waals surface area (Å²) in [4.78, 5) is 6.60. The molecule has 90 valence electrons. The van der Waals surface area contributed by atoms with E-state index in [2.05, 4.69) is 43.8 Å². The van der Waals surface area contributed by atoms with Crippen molar-refractivity contribution < 1.29 is 0 Å². The van der Waals surface area contributed by atoms with Crippen LogP contribution in [0, 0.1) is 5.92 Å². The molecule has 16 heavy (non-hydrogen) atoms. The molecule has 1 rings (SSSR count). The van der Waals surface area contributed by atoms with Crippen LogP contribution >= 0.6 is 0 Å². The highest BCUT2D eigenvalue weighted by atomic mass is 15.2. The van der Waals surface area contributed by atoms with E-state index in [4.69, 9.17) is 5.73 Å². The number of hydrogen-bond acceptors (Lipinski definition) is 3. The molecule has 0 saturated heterocycles. The van der Waals surface area contributed by atoms with Crippen LogP contribution in [0.2, 0.25) is 0 Å². The Morgan fingerprint density at radius 1 is 1.25 bits per heavy atom. The summed E-state index contributed by atoms with van der Waals surface area (Å²) in [6, 6.07) is 4.58. The third-order valence-electron chi connectivity index (χ3n) is 3.23. The number of nitrogens with zero attached hydrogens (tertiary/aromatic N) is 2. The Bertz CT molecular complexity index is 334. The Kier molecular flexibility index (Phi) is 4.30. The van der Waals surface area contributed by atoms with E-state index in [0.717, 1.165) is 11.4 Å². The van der Waals surface area contributed by atoms with Gasteiger partial charge in [0.1, 0.15) is 5.82 Å². The van der Waals surface area contributed by atoms with Gasteiger partial charge in [0.05, 0.1) is 0 Å².